The zero-order chi connectivity index (χ0) is 33.9. The lowest BCUT2D eigenvalue weighted by Crippen LogP contribution is -1.78. The minimum absolute atomic E-state index is 0.842. The zero-order valence-electron chi connectivity index (χ0n) is 27.6. The van der Waals surface area contributed by atoms with Crippen LogP contribution in [0, 0.1) is 0 Å². The Balaban J connectivity index is 0.967. The van der Waals surface area contributed by atoms with Gasteiger partial charge >= 0.3 is 0 Å². The molecule has 12 rings (SSSR count). The second kappa shape index (κ2) is 10.3. The molecule has 0 aliphatic heterocycles. The first-order valence-corrected chi connectivity index (χ1v) is 17.5. The van der Waals surface area contributed by atoms with Gasteiger partial charge in [0.2, 0.25) is 0 Å². The first-order chi connectivity index (χ1) is 25.7. The fourth-order valence-corrected chi connectivity index (χ4v) is 8.07. The Bertz CT molecular complexity index is 3160. The maximum absolute atomic E-state index is 6.43. The van der Waals surface area contributed by atoms with Gasteiger partial charge in [0.15, 0.2) is 0 Å². The second-order valence-electron chi connectivity index (χ2n) is 13.7. The van der Waals surface area contributed by atoms with Gasteiger partial charge in [-0.2, -0.15) is 0 Å². The Labute approximate surface area is 295 Å². The summed E-state index contributed by atoms with van der Waals surface area (Å²) in [5.41, 5.74) is 13.7. The molecule has 4 nitrogen and oxygen atoms in total. The van der Waals surface area contributed by atoms with E-state index in [1.807, 2.05) is 12.1 Å². The van der Waals surface area contributed by atoms with Crippen LogP contribution in [0.3, 0.4) is 0 Å². The van der Waals surface area contributed by atoms with Crippen LogP contribution in [-0.4, -0.2) is 0 Å². The predicted molar refractivity (Wildman–Crippen MR) is 212 cm³/mol. The van der Waals surface area contributed by atoms with Crippen molar-refractivity contribution in [3.63, 3.8) is 0 Å². The monoisotopic (exact) mass is 666 g/mol. The third-order valence-corrected chi connectivity index (χ3v) is 10.7. The molecular weight excluding hydrogens is 641 g/mol. The molecule has 0 atom stereocenters. The molecule has 0 fully saturated rings. The van der Waals surface area contributed by atoms with Crippen molar-refractivity contribution in [1.82, 2.24) is 0 Å². The van der Waals surface area contributed by atoms with Crippen LogP contribution in [0.5, 0.6) is 0 Å². The van der Waals surface area contributed by atoms with E-state index in [9.17, 15) is 0 Å². The first-order valence-electron chi connectivity index (χ1n) is 17.5. The highest BCUT2D eigenvalue weighted by atomic mass is 16.3. The minimum atomic E-state index is 0.842. The molecule has 8 aromatic carbocycles. The minimum Gasteiger partial charge on any atom is -0.456 e. The average molecular weight is 667 g/mol. The number of benzene rings is 8. The lowest BCUT2D eigenvalue weighted by Gasteiger charge is -2.02. The molecular formula is C48H26O4. The molecule has 0 bridgehead atoms. The molecule has 0 aliphatic carbocycles. The van der Waals surface area contributed by atoms with Gasteiger partial charge in [-0.15, -0.1) is 0 Å². The lowest BCUT2D eigenvalue weighted by atomic mass is 9.99. The SMILES string of the molecule is c1ccc(-c2ccc3oc4cc5c(cc4c3c2)oc2ccc(-c3ccc4oc6cc7c(cc6c4c3)oc3ccc(-c4ccccc4)cc37)cc25)cc1. The fourth-order valence-electron chi connectivity index (χ4n) is 8.07. The summed E-state index contributed by atoms with van der Waals surface area (Å²) in [6, 6.07) is 54.9. The van der Waals surface area contributed by atoms with Gasteiger partial charge < -0.3 is 17.7 Å². The average Bonchev–Trinajstić information content (AvgIpc) is 3.95. The lowest BCUT2D eigenvalue weighted by molar-refractivity contribution is 0.664. The molecule has 0 amide bonds. The molecule has 52 heavy (non-hydrogen) atoms. The molecule has 4 heterocycles. The molecule has 0 radical (unpaired) electrons. The fraction of sp³-hybridized carbons (Fsp3) is 0. The number of rotatable bonds is 3. The van der Waals surface area contributed by atoms with Crippen molar-refractivity contribution in [2.75, 3.05) is 0 Å². The largest absolute Gasteiger partial charge is 0.456 e. The van der Waals surface area contributed by atoms with Gasteiger partial charge in [0.1, 0.15) is 44.7 Å². The molecule has 0 saturated heterocycles. The topological polar surface area (TPSA) is 52.6 Å². The van der Waals surface area contributed by atoms with Crippen molar-refractivity contribution >= 4 is 87.8 Å². The Morgan fingerprint density at radius 3 is 0.731 bits per heavy atom. The van der Waals surface area contributed by atoms with Crippen molar-refractivity contribution in [2.24, 2.45) is 0 Å². The van der Waals surface area contributed by atoms with Crippen molar-refractivity contribution in [3.8, 4) is 33.4 Å². The summed E-state index contributed by atoms with van der Waals surface area (Å²) >= 11 is 0. The van der Waals surface area contributed by atoms with Crippen LogP contribution >= 0.6 is 0 Å². The van der Waals surface area contributed by atoms with Gasteiger partial charge in [0.25, 0.3) is 0 Å². The Morgan fingerprint density at radius 1 is 0.192 bits per heavy atom. The van der Waals surface area contributed by atoms with Gasteiger partial charge in [0.05, 0.1) is 0 Å². The smallest absolute Gasteiger partial charge is 0.136 e. The third-order valence-electron chi connectivity index (χ3n) is 10.7. The van der Waals surface area contributed by atoms with Gasteiger partial charge in [-0.25, -0.2) is 0 Å². The van der Waals surface area contributed by atoms with Crippen LogP contribution in [0.15, 0.2) is 175 Å². The maximum atomic E-state index is 6.43. The van der Waals surface area contributed by atoms with E-state index in [1.165, 1.54) is 11.1 Å². The molecule has 4 aromatic heterocycles. The van der Waals surface area contributed by atoms with E-state index in [4.69, 9.17) is 17.7 Å². The maximum Gasteiger partial charge on any atom is 0.136 e. The summed E-state index contributed by atoms with van der Waals surface area (Å²) in [6.45, 7) is 0. The van der Waals surface area contributed by atoms with E-state index in [1.54, 1.807) is 0 Å². The number of furan rings is 4. The standard InChI is InChI=1S/C48H26O4/c1-3-7-27(8-4-1)29-11-15-41-33(19-29)37-23-47-39(25-45(37)49-41)35-21-31(13-17-43(35)51-47)32-14-18-44-36(22-32)40-26-46-38(24-48(40)52-44)34-20-30(12-16-42(34)50-46)28-9-5-2-6-10-28/h1-26H. The number of hydrogen-bond donors (Lipinski definition) is 0. The molecule has 0 N–H and O–H groups in total. The van der Waals surface area contributed by atoms with Gasteiger partial charge in [-0.1, -0.05) is 84.9 Å². The van der Waals surface area contributed by atoms with Gasteiger partial charge in [-0.3, -0.25) is 0 Å². The predicted octanol–water partition coefficient (Wildman–Crippen LogP) is 14.3. The normalized spacial score (nSPS) is 12.2. The molecule has 0 aliphatic rings. The highest BCUT2D eigenvalue weighted by molar-refractivity contribution is 6.17. The van der Waals surface area contributed by atoms with Gasteiger partial charge in [-0.05, 0) is 106 Å². The van der Waals surface area contributed by atoms with Crippen LogP contribution in [0.4, 0.5) is 0 Å². The van der Waals surface area contributed by atoms with Crippen molar-refractivity contribution < 1.29 is 17.7 Å². The van der Waals surface area contributed by atoms with E-state index >= 15 is 0 Å². The van der Waals surface area contributed by atoms with E-state index in [0.29, 0.717) is 0 Å². The zero-order valence-corrected chi connectivity index (χ0v) is 27.6. The van der Waals surface area contributed by atoms with Gasteiger partial charge in [0, 0.05) is 43.1 Å². The number of hydrogen-bond acceptors (Lipinski definition) is 4. The quantitative estimate of drug-likeness (QED) is 0.188. The summed E-state index contributed by atoms with van der Waals surface area (Å²) in [5.74, 6) is 0. The van der Waals surface area contributed by atoms with E-state index in [0.717, 1.165) is 110 Å². The van der Waals surface area contributed by atoms with Crippen molar-refractivity contribution in [3.05, 3.63) is 158 Å². The third kappa shape index (κ3) is 4.03. The Hall–Kier alpha value is -7.04. The van der Waals surface area contributed by atoms with E-state index in [2.05, 4.69) is 146 Å². The first kappa shape index (κ1) is 27.7. The molecule has 0 unspecified atom stereocenters. The molecule has 242 valence electrons. The van der Waals surface area contributed by atoms with Crippen LogP contribution in [0.1, 0.15) is 0 Å². The Morgan fingerprint density at radius 2 is 0.442 bits per heavy atom. The highest BCUT2D eigenvalue weighted by Gasteiger charge is 2.17. The van der Waals surface area contributed by atoms with E-state index in [-0.39, 0.29) is 0 Å². The van der Waals surface area contributed by atoms with Crippen molar-refractivity contribution in [2.45, 2.75) is 0 Å². The molecule has 12 aromatic rings. The van der Waals surface area contributed by atoms with E-state index < -0.39 is 0 Å². The molecule has 4 heteroatoms. The number of fused-ring (bicyclic) bond motifs is 12. The molecule has 0 saturated carbocycles. The van der Waals surface area contributed by atoms with Crippen LogP contribution in [0.2, 0.25) is 0 Å². The highest BCUT2D eigenvalue weighted by Crippen LogP contribution is 2.42. The summed E-state index contributed by atoms with van der Waals surface area (Å²) in [6.07, 6.45) is 0. The van der Waals surface area contributed by atoms with Crippen LogP contribution < -0.4 is 0 Å². The summed E-state index contributed by atoms with van der Waals surface area (Å²) < 4.78 is 25.6. The summed E-state index contributed by atoms with van der Waals surface area (Å²) in [4.78, 5) is 0. The molecule has 0 spiro atoms. The van der Waals surface area contributed by atoms with Crippen LogP contribution in [0.25, 0.3) is 121 Å². The van der Waals surface area contributed by atoms with Crippen LogP contribution in [-0.2, 0) is 0 Å². The summed E-state index contributed by atoms with van der Waals surface area (Å²) in [5, 5.41) is 8.42. The second-order valence-corrected chi connectivity index (χ2v) is 13.7. The summed E-state index contributed by atoms with van der Waals surface area (Å²) in [7, 11) is 0. The Kier molecular flexibility index (Phi) is 5.47. The van der Waals surface area contributed by atoms with Crippen molar-refractivity contribution in [1.29, 1.82) is 0 Å².